The predicted octanol–water partition coefficient (Wildman–Crippen LogP) is 3.74. The summed E-state index contributed by atoms with van der Waals surface area (Å²) in [6, 6.07) is 0. The van der Waals surface area contributed by atoms with Crippen molar-refractivity contribution in [2.24, 2.45) is 23.2 Å². The van der Waals surface area contributed by atoms with Crippen LogP contribution in [0.25, 0.3) is 0 Å². The van der Waals surface area contributed by atoms with Crippen LogP contribution in [0.1, 0.15) is 60.8 Å². The Hall–Kier alpha value is -1.06. The highest BCUT2D eigenvalue weighted by atomic mass is 16.5. The van der Waals surface area contributed by atoms with Gasteiger partial charge in [0.1, 0.15) is 0 Å². The first kappa shape index (κ1) is 18.9. The topological polar surface area (TPSA) is 63.6 Å². The van der Waals surface area contributed by atoms with E-state index >= 15 is 0 Å². The predicted molar refractivity (Wildman–Crippen MR) is 79.4 cm³/mol. The lowest BCUT2D eigenvalue weighted by atomic mass is 9.65. The Kier molecular flexibility index (Phi) is 7.84. The number of ether oxygens (including phenoxy) is 1. The lowest BCUT2D eigenvalue weighted by molar-refractivity contribution is -0.170. The zero-order chi connectivity index (χ0) is 15.9. The van der Waals surface area contributed by atoms with Gasteiger partial charge in [0.25, 0.3) is 0 Å². The molecule has 4 heteroatoms. The summed E-state index contributed by atoms with van der Waals surface area (Å²) < 4.78 is 5.24. The van der Waals surface area contributed by atoms with Crippen molar-refractivity contribution in [3.05, 3.63) is 0 Å². The van der Waals surface area contributed by atoms with Gasteiger partial charge in [-0.1, -0.05) is 34.6 Å². The Morgan fingerprint density at radius 2 is 1.50 bits per heavy atom. The standard InChI is InChI=1S/C16H30O4/c1-7-13(14(17)18)16(9-11(3)4,10-12(5)6)15(19)20-8-2/h11-13H,7-10H2,1-6H3,(H,17,18). The highest BCUT2D eigenvalue weighted by Gasteiger charge is 2.49. The first-order chi connectivity index (χ1) is 9.21. The molecule has 0 aromatic carbocycles. The number of hydrogen-bond acceptors (Lipinski definition) is 3. The Bertz CT molecular complexity index is 310. The van der Waals surface area contributed by atoms with Crippen LogP contribution in [0.2, 0.25) is 0 Å². The quantitative estimate of drug-likeness (QED) is 0.656. The number of rotatable bonds is 9. The van der Waals surface area contributed by atoms with Crippen molar-refractivity contribution in [1.82, 2.24) is 0 Å². The summed E-state index contributed by atoms with van der Waals surface area (Å²) in [7, 11) is 0. The fourth-order valence-electron chi connectivity index (χ4n) is 3.21. The van der Waals surface area contributed by atoms with E-state index in [9.17, 15) is 14.7 Å². The second kappa shape index (κ2) is 8.28. The second-order valence-electron chi connectivity index (χ2n) is 6.37. The fraction of sp³-hybridized carbons (Fsp3) is 0.875. The van der Waals surface area contributed by atoms with E-state index in [-0.39, 0.29) is 24.4 Å². The Labute approximate surface area is 122 Å². The zero-order valence-corrected chi connectivity index (χ0v) is 13.7. The van der Waals surface area contributed by atoms with Crippen molar-refractivity contribution in [3.63, 3.8) is 0 Å². The van der Waals surface area contributed by atoms with Crippen molar-refractivity contribution >= 4 is 11.9 Å². The van der Waals surface area contributed by atoms with Crippen LogP contribution < -0.4 is 0 Å². The number of hydrogen-bond donors (Lipinski definition) is 1. The molecule has 1 unspecified atom stereocenters. The van der Waals surface area contributed by atoms with Gasteiger partial charge >= 0.3 is 11.9 Å². The number of carbonyl (C=O) groups excluding carboxylic acids is 1. The molecule has 0 aliphatic carbocycles. The third-order valence-corrected chi connectivity index (χ3v) is 3.60. The highest BCUT2D eigenvalue weighted by molar-refractivity contribution is 5.84. The van der Waals surface area contributed by atoms with Crippen LogP contribution in [0, 0.1) is 23.2 Å². The van der Waals surface area contributed by atoms with Crippen LogP contribution in [-0.4, -0.2) is 23.7 Å². The summed E-state index contributed by atoms with van der Waals surface area (Å²) in [5.74, 6) is -1.46. The van der Waals surface area contributed by atoms with Crippen molar-refractivity contribution in [1.29, 1.82) is 0 Å². The van der Waals surface area contributed by atoms with Gasteiger partial charge in [0.2, 0.25) is 0 Å². The molecule has 0 amide bonds. The molecule has 1 N–H and O–H groups in total. The Morgan fingerprint density at radius 3 is 1.75 bits per heavy atom. The van der Waals surface area contributed by atoms with Crippen molar-refractivity contribution in [2.45, 2.75) is 60.8 Å². The zero-order valence-electron chi connectivity index (χ0n) is 13.7. The minimum absolute atomic E-state index is 0.242. The first-order valence-electron chi connectivity index (χ1n) is 7.61. The average Bonchev–Trinajstić information content (AvgIpc) is 2.27. The molecule has 4 nitrogen and oxygen atoms in total. The summed E-state index contributed by atoms with van der Waals surface area (Å²) in [4.78, 5) is 24.2. The highest BCUT2D eigenvalue weighted by Crippen LogP contribution is 2.43. The number of carboxylic acid groups (broad SMARTS) is 1. The van der Waals surface area contributed by atoms with E-state index < -0.39 is 17.3 Å². The molecule has 0 rings (SSSR count). The van der Waals surface area contributed by atoms with Crippen molar-refractivity contribution < 1.29 is 19.4 Å². The average molecular weight is 286 g/mol. The molecule has 20 heavy (non-hydrogen) atoms. The molecule has 0 aliphatic heterocycles. The van der Waals surface area contributed by atoms with Gasteiger partial charge in [-0.2, -0.15) is 0 Å². The minimum atomic E-state index is -0.918. The molecule has 0 saturated carbocycles. The maximum absolute atomic E-state index is 12.6. The third-order valence-electron chi connectivity index (χ3n) is 3.60. The molecule has 0 bridgehead atoms. The van der Waals surface area contributed by atoms with Gasteiger partial charge in [0, 0.05) is 0 Å². The van der Waals surface area contributed by atoms with Crippen LogP contribution in [0.5, 0.6) is 0 Å². The van der Waals surface area contributed by atoms with Crippen LogP contribution >= 0.6 is 0 Å². The molecule has 0 saturated heterocycles. The molecular weight excluding hydrogens is 256 g/mol. The molecule has 118 valence electrons. The molecule has 0 spiro atoms. The first-order valence-corrected chi connectivity index (χ1v) is 7.61. The molecule has 0 aromatic heterocycles. The third kappa shape index (κ3) is 4.80. The van der Waals surface area contributed by atoms with E-state index in [1.165, 1.54) is 0 Å². The molecular formula is C16H30O4. The second-order valence-corrected chi connectivity index (χ2v) is 6.37. The SMILES string of the molecule is CCOC(=O)C(CC(C)C)(CC(C)C)C(CC)C(=O)O. The Morgan fingerprint density at radius 1 is 1.05 bits per heavy atom. The summed E-state index contributed by atoms with van der Waals surface area (Å²) in [6.07, 6.45) is 1.54. The molecule has 0 fully saturated rings. The molecule has 0 radical (unpaired) electrons. The largest absolute Gasteiger partial charge is 0.481 e. The monoisotopic (exact) mass is 286 g/mol. The van der Waals surface area contributed by atoms with E-state index in [1.807, 2.05) is 34.6 Å². The maximum Gasteiger partial charge on any atom is 0.312 e. The Balaban J connectivity index is 5.73. The number of esters is 1. The normalized spacial score (nSPS) is 13.6. The van der Waals surface area contributed by atoms with E-state index in [1.54, 1.807) is 6.92 Å². The maximum atomic E-state index is 12.6. The summed E-state index contributed by atoms with van der Waals surface area (Å²) in [6.45, 7) is 11.9. The fourth-order valence-corrected chi connectivity index (χ4v) is 3.21. The molecule has 0 aromatic rings. The van der Waals surface area contributed by atoms with Crippen molar-refractivity contribution in [2.75, 3.05) is 6.61 Å². The van der Waals surface area contributed by atoms with Gasteiger partial charge in [0.05, 0.1) is 17.9 Å². The van der Waals surface area contributed by atoms with Crippen LogP contribution in [0.3, 0.4) is 0 Å². The number of aliphatic carboxylic acids is 1. The van der Waals surface area contributed by atoms with E-state index in [2.05, 4.69) is 0 Å². The van der Waals surface area contributed by atoms with Gasteiger partial charge in [0.15, 0.2) is 0 Å². The van der Waals surface area contributed by atoms with Gasteiger partial charge in [-0.05, 0) is 38.0 Å². The summed E-state index contributed by atoms with van der Waals surface area (Å²) in [5, 5.41) is 9.54. The number of carbonyl (C=O) groups is 2. The van der Waals surface area contributed by atoms with Gasteiger partial charge in [-0.15, -0.1) is 0 Å². The molecule has 0 heterocycles. The van der Waals surface area contributed by atoms with Crippen LogP contribution in [0.15, 0.2) is 0 Å². The van der Waals surface area contributed by atoms with Crippen molar-refractivity contribution in [3.8, 4) is 0 Å². The van der Waals surface area contributed by atoms with Crippen LogP contribution in [-0.2, 0) is 14.3 Å². The van der Waals surface area contributed by atoms with Gasteiger partial charge < -0.3 is 9.84 Å². The molecule has 1 atom stereocenters. The van der Waals surface area contributed by atoms with Crippen LogP contribution in [0.4, 0.5) is 0 Å². The van der Waals surface area contributed by atoms with E-state index in [4.69, 9.17) is 4.74 Å². The van der Waals surface area contributed by atoms with E-state index in [0.717, 1.165) is 0 Å². The van der Waals surface area contributed by atoms with Gasteiger partial charge in [-0.25, -0.2) is 0 Å². The lowest BCUT2D eigenvalue weighted by Gasteiger charge is -2.38. The lowest BCUT2D eigenvalue weighted by Crippen LogP contribution is -2.45. The molecule has 0 aliphatic rings. The smallest absolute Gasteiger partial charge is 0.312 e. The minimum Gasteiger partial charge on any atom is -0.481 e. The van der Waals surface area contributed by atoms with Gasteiger partial charge in [-0.3, -0.25) is 9.59 Å². The summed E-state index contributed by atoms with van der Waals surface area (Å²) in [5.41, 5.74) is -0.918. The van der Waals surface area contributed by atoms with E-state index in [0.29, 0.717) is 19.3 Å². The summed E-state index contributed by atoms with van der Waals surface area (Å²) >= 11 is 0. The number of carboxylic acids is 1.